The minimum absolute atomic E-state index is 0.0536. The van der Waals surface area contributed by atoms with Gasteiger partial charge in [-0.1, -0.05) is 135 Å². The quantitative estimate of drug-likeness (QED) is 0.0494. The van der Waals surface area contributed by atoms with Gasteiger partial charge in [-0.15, -0.1) is 5.10 Å². The molecule has 3 unspecified atom stereocenters. The molecule has 0 saturated carbocycles. The van der Waals surface area contributed by atoms with E-state index in [9.17, 15) is 14.7 Å². The molecule has 2 aromatic carbocycles. The molecule has 2 fully saturated rings. The van der Waals surface area contributed by atoms with Crippen LogP contribution in [0, 0.1) is 0 Å². The Morgan fingerprint density at radius 2 is 1.26 bits per heavy atom. The van der Waals surface area contributed by atoms with Crippen LogP contribution in [-0.2, 0) is 47.1 Å². The Balaban J connectivity index is 1.38. The highest BCUT2D eigenvalue weighted by molar-refractivity contribution is 6.99. The van der Waals surface area contributed by atoms with Gasteiger partial charge in [0.1, 0.15) is 43.0 Å². The number of hydrogen-bond donors (Lipinski definition) is 2. The van der Waals surface area contributed by atoms with Gasteiger partial charge >= 0.3 is 5.97 Å². The summed E-state index contributed by atoms with van der Waals surface area (Å²) in [5.41, 5.74) is 5.46. The zero-order chi connectivity index (χ0) is 47.5. The highest BCUT2D eigenvalue weighted by atomic mass is 28.4. The number of aliphatic hydroxyl groups is 1. The molecule has 1 aromatic heterocycles. The number of amides is 1. The molecule has 16 nitrogen and oxygen atoms in total. The molecule has 9 atom stereocenters. The lowest BCUT2D eigenvalue weighted by Crippen LogP contribution is -2.67. The van der Waals surface area contributed by atoms with Crippen LogP contribution in [0.1, 0.15) is 123 Å². The van der Waals surface area contributed by atoms with Gasteiger partial charge in [-0.3, -0.25) is 9.59 Å². The number of ether oxygens (including phenoxy) is 8. The Morgan fingerprint density at radius 1 is 0.712 bits per heavy atom. The predicted molar refractivity (Wildman–Crippen MR) is 251 cm³/mol. The molecule has 0 radical (unpaired) electrons. The predicted octanol–water partition coefficient (Wildman–Crippen LogP) is 5.63. The Labute approximate surface area is 392 Å². The number of carbonyl (C=O) groups excluding carboxylic acids is 2. The summed E-state index contributed by atoms with van der Waals surface area (Å²) in [6, 6.07) is 20.2. The number of carbonyl (C=O) groups is 2. The third-order valence-electron chi connectivity index (χ3n) is 12.0. The van der Waals surface area contributed by atoms with E-state index in [1.807, 2.05) is 36.4 Å². The molecule has 2 aliphatic heterocycles. The summed E-state index contributed by atoms with van der Waals surface area (Å²) in [5, 5.41) is 17.7. The van der Waals surface area contributed by atoms with Crippen LogP contribution in [0.25, 0.3) is 0 Å². The summed E-state index contributed by atoms with van der Waals surface area (Å²) in [6.45, 7) is 17.1. The molecule has 3 heterocycles. The summed E-state index contributed by atoms with van der Waals surface area (Å²) >= 11 is 0. The number of aliphatic hydroxyl groups excluding tert-OH is 1. The molecule has 2 aliphatic rings. The number of unbranched alkanes of at least 4 members (excludes halogenated alkanes) is 4. The second kappa shape index (κ2) is 26.8. The molecular weight excluding hydrogens is 865 g/mol. The van der Waals surface area contributed by atoms with E-state index in [2.05, 4.69) is 82.8 Å². The topological polar surface area (TPSA) is 194 Å². The zero-order valence-corrected chi connectivity index (χ0v) is 41.2. The van der Waals surface area contributed by atoms with Crippen molar-refractivity contribution in [3.63, 3.8) is 0 Å². The van der Waals surface area contributed by atoms with Crippen molar-refractivity contribution in [3.05, 3.63) is 72.8 Å². The van der Waals surface area contributed by atoms with Crippen molar-refractivity contribution in [1.82, 2.24) is 14.8 Å². The minimum Gasteiger partial charge on any atom is -0.456 e. The SMILES string of the molecule is CCCCOCC1O[C@@H](OCCC(=O)O[C@H]2[C@@H](O)[C@H](n3cnc(C(N)=O)n3)O[C@@H]2CO[Si](c2ccccc2)(c2ccccc2)C(C)(C)C)C(OCCCC)C(OCCCC)[C@H]1OCCCC. The summed E-state index contributed by atoms with van der Waals surface area (Å²) in [6.07, 6.45) is 0.568. The lowest BCUT2D eigenvalue weighted by atomic mass is 9.98. The number of benzene rings is 2. The number of aromatic nitrogens is 3. The summed E-state index contributed by atoms with van der Waals surface area (Å²) in [7, 11) is -3.10. The zero-order valence-electron chi connectivity index (χ0n) is 40.2. The molecule has 0 aliphatic carbocycles. The van der Waals surface area contributed by atoms with E-state index in [1.165, 1.54) is 11.0 Å². The molecule has 2 saturated heterocycles. The van der Waals surface area contributed by atoms with Gasteiger partial charge in [-0.2, -0.15) is 0 Å². The Bertz CT molecular complexity index is 1810. The molecule has 3 N–H and O–H groups in total. The highest BCUT2D eigenvalue weighted by Gasteiger charge is 2.54. The molecule has 66 heavy (non-hydrogen) atoms. The Hall–Kier alpha value is -3.62. The fourth-order valence-electron chi connectivity index (χ4n) is 8.42. The molecule has 5 rings (SSSR count). The fraction of sp³-hybridized carbons (Fsp3) is 0.673. The fourth-order valence-corrected chi connectivity index (χ4v) is 13.0. The number of hydrogen-bond acceptors (Lipinski definition) is 14. The van der Waals surface area contributed by atoms with Gasteiger partial charge < -0.3 is 53.2 Å². The van der Waals surface area contributed by atoms with Crippen molar-refractivity contribution in [2.45, 2.75) is 167 Å². The first-order valence-corrected chi connectivity index (χ1v) is 26.0. The van der Waals surface area contributed by atoms with Crippen LogP contribution >= 0.6 is 0 Å². The molecule has 17 heteroatoms. The molecule has 0 bridgehead atoms. The second-order valence-electron chi connectivity index (χ2n) is 18.1. The van der Waals surface area contributed by atoms with Gasteiger partial charge in [0, 0.05) is 26.4 Å². The number of primary amides is 1. The molecule has 368 valence electrons. The first-order valence-electron chi connectivity index (χ1n) is 24.1. The van der Waals surface area contributed by atoms with Crippen LogP contribution in [0.5, 0.6) is 0 Å². The van der Waals surface area contributed by atoms with E-state index in [0.717, 1.165) is 61.7 Å². The van der Waals surface area contributed by atoms with Crippen LogP contribution in [0.2, 0.25) is 5.04 Å². The maximum Gasteiger partial charge on any atom is 0.308 e. The van der Waals surface area contributed by atoms with Gasteiger partial charge in [0.05, 0.1) is 26.2 Å². The monoisotopic (exact) mass is 941 g/mol. The van der Waals surface area contributed by atoms with E-state index < -0.39 is 75.4 Å². The second-order valence-corrected chi connectivity index (χ2v) is 22.4. The van der Waals surface area contributed by atoms with Gasteiger partial charge in [-0.25, -0.2) is 9.67 Å². The van der Waals surface area contributed by atoms with Crippen LogP contribution in [0.15, 0.2) is 67.0 Å². The van der Waals surface area contributed by atoms with Gasteiger partial charge in [0.2, 0.25) is 5.82 Å². The summed E-state index contributed by atoms with van der Waals surface area (Å²) in [5.74, 6) is -1.74. The normalized spacial score (nSPS) is 24.7. The lowest BCUT2D eigenvalue weighted by molar-refractivity contribution is -0.323. The van der Waals surface area contributed by atoms with Crippen molar-refractivity contribution in [2.75, 3.05) is 46.2 Å². The van der Waals surface area contributed by atoms with Crippen LogP contribution < -0.4 is 16.1 Å². The van der Waals surface area contributed by atoms with Crippen molar-refractivity contribution in [3.8, 4) is 0 Å². The number of nitrogens with zero attached hydrogens (tertiary/aromatic N) is 3. The summed E-state index contributed by atoms with van der Waals surface area (Å²) < 4.78 is 59.7. The van der Waals surface area contributed by atoms with E-state index in [0.29, 0.717) is 26.4 Å². The van der Waals surface area contributed by atoms with Crippen molar-refractivity contribution < 1.29 is 57.0 Å². The smallest absolute Gasteiger partial charge is 0.308 e. The van der Waals surface area contributed by atoms with E-state index in [4.69, 9.17) is 48.1 Å². The largest absolute Gasteiger partial charge is 0.456 e. The van der Waals surface area contributed by atoms with E-state index in [1.54, 1.807) is 0 Å². The standard InChI is InChI=1S/C49H76N4O12Si/c1-8-12-27-57-32-37-42(58-28-13-9-2)43(59-29-14-10-3)44(60-30-15-11-4)48(64-37)61-31-26-39(54)65-41-38(63-47(40(41)55)53-34-51-46(52-53)45(50)56)33-62-66(49(5,6)7,35-22-18-16-19-23-35)36-24-20-17-21-25-36/h16-25,34,37-38,40-44,47-48,55H,8-15,26-33H2,1-7H3,(H2,50,56)/t37?,38-,40-,41-,42+,43?,44?,47-,48-/m1/s1. The van der Waals surface area contributed by atoms with E-state index >= 15 is 0 Å². The van der Waals surface area contributed by atoms with Gasteiger partial charge in [0.15, 0.2) is 18.6 Å². The van der Waals surface area contributed by atoms with Gasteiger partial charge in [-0.05, 0) is 41.1 Å². The first-order chi connectivity index (χ1) is 31.9. The lowest BCUT2D eigenvalue weighted by Gasteiger charge is -2.46. The summed E-state index contributed by atoms with van der Waals surface area (Å²) in [4.78, 5) is 29.9. The number of esters is 1. The first kappa shape index (κ1) is 53.3. The maximum atomic E-state index is 13.9. The third kappa shape index (κ3) is 14.0. The van der Waals surface area contributed by atoms with Crippen molar-refractivity contribution in [1.29, 1.82) is 0 Å². The van der Waals surface area contributed by atoms with E-state index in [-0.39, 0.29) is 37.1 Å². The highest BCUT2D eigenvalue weighted by Crippen LogP contribution is 2.39. The Morgan fingerprint density at radius 3 is 1.80 bits per heavy atom. The van der Waals surface area contributed by atoms with Crippen LogP contribution in [-0.4, -0.2) is 135 Å². The maximum absolute atomic E-state index is 13.9. The minimum atomic E-state index is -3.10. The van der Waals surface area contributed by atoms with Crippen molar-refractivity contribution in [2.24, 2.45) is 5.73 Å². The Kier molecular flexibility index (Phi) is 21.7. The van der Waals surface area contributed by atoms with Gasteiger partial charge in [0.25, 0.3) is 14.2 Å². The molecule has 3 aromatic rings. The van der Waals surface area contributed by atoms with Crippen molar-refractivity contribution >= 4 is 30.6 Å². The average Bonchev–Trinajstić information content (AvgIpc) is 3.92. The number of nitrogens with two attached hydrogens (primary N) is 1. The third-order valence-corrected chi connectivity index (χ3v) is 17.0. The molecule has 0 spiro atoms. The molecule has 1 amide bonds. The average molecular weight is 941 g/mol. The number of rotatable bonds is 29. The molecular formula is C49H76N4O12Si. The van der Waals surface area contributed by atoms with Crippen LogP contribution in [0.3, 0.4) is 0 Å². The van der Waals surface area contributed by atoms with Crippen LogP contribution in [0.4, 0.5) is 0 Å².